The molecule has 12 aromatic rings. The molecule has 0 spiro atoms. The van der Waals surface area contributed by atoms with Crippen molar-refractivity contribution < 1.29 is 0 Å². The van der Waals surface area contributed by atoms with Gasteiger partial charge in [0.15, 0.2) is 0 Å². The third-order valence-electron chi connectivity index (χ3n) is 11.2. The molecule has 0 aliphatic carbocycles. The predicted octanol–water partition coefficient (Wildman–Crippen LogP) is 13.4. The first-order valence-corrected chi connectivity index (χ1v) is 19.9. The molecule has 0 atom stereocenters. The number of rotatable bonds is 5. The van der Waals surface area contributed by atoms with Crippen LogP contribution in [0.5, 0.6) is 0 Å². The molecule has 7 aromatic carbocycles. The highest BCUT2D eigenvalue weighted by molar-refractivity contribution is 7.22. The summed E-state index contributed by atoms with van der Waals surface area (Å²) < 4.78 is 5.69. The maximum atomic E-state index is 5.45. The van der Waals surface area contributed by atoms with Crippen LogP contribution in [0.4, 0.5) is 0 Å². The molecular formula is C51H31N5S. The second-order valence-corrected chi connectivity index (χ2v) is 15.5. The van der Waals surface area contributed by atoms with Crippen LogP contribution in [0, 0.1) is 0 Å². The van der Waals surface area contributed by atoms with Crippen LogP contribution in [0.25, 0.3) is 109 Å². The molecule has 0 aliphatic heterocycles. The highest BCUT2D eigenvalue weighted by Gasteiger charge is 2.22. The average Bonchev–Trinajstić information content (AvgIpc) is 3.97. The summed E-state index contributed by atoms with van der Waals surface area (Å²) in [5, 5.41) is 7.11. The molecular weight excluding hydrogens is 715 g/mol. The number of para-hydroxylation sites is 1. The number of nitrogens with zero attached hydrogens (tertiary/aromatic N) is 5. The molecule has 57 heavy (non-hydrogen) atoms. The summed E-state index contributed by atoms with van der Waals surface area (Å²) in [7, 11) is 0. The Kier molecular flexibility index (Phi) is 7.03. The van der Waals surface area contributed by atoms with Gasteiger partial charge < -0.3 is 4.57 Å². The van der Waals surface area contributed by atoms with E-state index in [1.54, 1.807) is 11.3 Å². The van der Waals surface area contributed by atoms with E-state index in [4.69, 9.17) is 9.97 Å². The minimum atomic E-state index is 0.660. The quantitative estimate of drug-likeness (QED) is 0.176. The van der Waals surface area contributed by atoms with Gasteiger partial charge in [0, 0.05) is 55.5 Å². The molecule has 5 heterocycles. The van der Waals surface area contributed by atoms with Gasteiger partial charge in [-0.1, -0.05) is 127 Å². The van der Waals surface area contributed by atoms with Gasteiger partial charge in [-0.3, -0.25) is 9.55 Å². The van der Waals surface area contributed by atoms with Gasteiger partial charge in [0.2, 0.25) is 5.95 Å². The molecule has 6 heteroatoms. The number of hydrogen-bond donors (Lipinski definition) is 0. The third-order valence-corrected chi connectivity index (χ3v) is 12.4. The summed E-state index contributed by atoms with van der Waals surface area (Å²) in [4.78, 5) is 16.3. The number of benzene rings is 7. The van der Waals surface area contributed by atoms with E-state index in [2.05, 4.69) is 190 Å². The van der Waals surface area contributed by atoms with Gasteiger partial charge in [0.25, 0.3) is 0 Å². The van der Waals surface area contributed by atoms with Gasteiger partial charge in [0.1, 0.15) is 0 Å². The predicted molar refractivity (Wildman–Crippen MR) is 238 cm³/mol. The van der Waals surface area contributed by atoms with Crippen molar-refractivity contribution in [2.24, 2.45) is 0 Å². The Morgan fingerprint density at radius 2 is 1.05 bits per heavy atom. The number of aromatic nitrogens is 5. The van der Waals surface area contributed by atoms with Crippen LogP contribution >= 0.6 is 11.3 Å². The Morgan fingerprint density at radius 3 is 1.82 bits per heavy atom. The number of pyridine rings is 1. The lowest BCUT2D eigenvalue weighted by Gasteiger charge is -2.11. The summed E-state index contributed by atoms with van der Waals surface area (Å²) in [6, 6.07) is 62.9. The summed E-state index contributed by atoms with van der Waals surface area (Å²) in [6.45, 7) is 0. The van der Waals surface area contributed by atoms with Crippen molar-refractivity contribution in [1.29, 1.82) is 0 Å². The maximum Gasteiger partial charge on any atom is 0.235 e. The van der Waals surface area contributed by atoms with Gasteiger partial charge in [-0.2, -0.15) is 0 Å². The smallest absolute Gasteiger partial charge is 0.235 e. The van der Waals surface area contributed by atoms with E-state index in [0.29, 0.717) is 5.95 Å². The highest BCUT2D eigenvalue weighted by Crippen LogP contribution is 2.42. The second-order valence-electron chi connectivity index (χ2n) is 14.5. The van der Waals surface area contributed by atoms with Crippen molar-refractivity contribution in [3.8, 4) is 44.5 Å². The van der Waals surface area contributed by atoms with E-state index in [1.165, 1.54) is 54.0 Å². The fraction of sp³-hybridized carbons (Fsp3) is 0. The van der Waals surface area contributed by atoms with Crippen molar-refractivity contribution in [3.05, 3.63) is 188 Å². The molecule has 12 rings (SSSR count). The van der Waals surface area contributed by atoms with Crippen LogP contribution in [0.15, 0.2) is 188 Å². The molecule has 5 aromatic heterocycles. The summed E-state index contributed by atoms with van der Waals surface area (Å²) in [5.74, 6) is 0.660. The Labute approximate surface area is 331 Å². The number of hydrogen-bond acceptors (Lipinski definition) is 4. The molecule has 5 nitrogen and oxygen atoms in total. The lowest BCUT2D eigenvalue weighted by Crippen LogP contribution is -2.03. The molecule has 0 radical (unpaired) electrons. The van der Waals surface area contributed by atoms with Crippen LogP contribution < -0.4 is 0 Å². The van der Waals surface area contributed by atoms with Crippen molar-refractivity contribution in [2.75, 3.05) is 0 Å². The van der Waals surface area contributed by atoms with E-state index in [9.17, 15) is 0 Å². The van der Waals surface area contributed by atoms with Crippen LogP contribution in [0.3, 0.4) is 0 Å². The van der Waals surface area contributed by atoms with Crippen molar-refractivity contribution in [1.82, 2.24) is 24.1 Å². The standard InChI is InChI=1S/C51H31N5S/c1-3-12-33(13-4-1)47-31-43-50(57-47)48(34-14-5-2-6-15-34)54-51(53-43)56-46-24-21-36(30-42(46)40-22-19-32-11-7-8-16-38(32)49(40)56)35-20-23-45-41(29-35)39-17-9-10-18-44(39)55(45)37-25-27-52-28-26-37/h1-31H. The fourth-order valence-corrected chi connectivity index (χ4v) is 9.76. The molecule has 0 N–H and O–H groups in total. The first-order valence-electron chi connectivity index (χ1n) is 19.1. The van der Waals surface area contributed by atoms with Crippen molar-refractivity contribution in [3.63, 3.8) is 0 Å². The monoisotopic (exact) mass is 745 g/mol. The number of thiophene rings is 1. The molecule has 0 aliphatic rings. The minimum Gasteiger partial charge on any atom is -0.309 e. The Balaban J connectivity index is 1.11. The average molecular weight is 746 g/mol. The molecule has 0 fully saturated rings. The zero-order valence-corrected chi connectivity index (χ0v) is 31.4. The van der Waals surface area contributed by atoms with Crippen molar-refractivity contribution >= 4 is 75.9 Å². The fourth-order valence-electron chi connectivity index (χ4n) is 8.65. The number of fused-ring (bicyclic) bond motifs is 9. The Morgan fingerprint density at radius 1 is 0.421 bits per heavy atom. The SMILES string of the molecule is c1ccc(-c2cc3nc(-n4c5ccc(-c6ccc7c(c6)c6ccccc6n7-c6ccncc6)cc5c5ccc6ccccc6c54)nc(-c4ccccc4)c3s2)cc1. The molecule has 0 bridgehead atoms. The third kappa shape index (κ3) is 4.98. The van der Waals surface area contributed by atoms with Crippen LogP contribution in [-0.2, 0) is 0 Å². The molecule has 0 unspecified atom stereocenters. The van der Waals surface area contributed by atoms with Gasteiger partial charge in [-0.15, -0.1) is 11.3 Å². The topological polar surface area (TPSA) is 48.5 Å². The lowest BCUT2D eigenvalue weighted by atomic mass is 10.00. The molecule has 0 saturated heterocycles. The zero-order chi connectivity index (χ0) is 37.5. The first kappa shape index (κ1) is 31.9. The van der Waals surface area contributed by atoms with Gasteiger partial charge >= 0.3 is 0 Å². The summed E-state index contributed by atoms with van der Waals surface area (Å²) in [5.41, 5.74) is 12.1. The summed E-state index contributed by atoms with van der Waals surface area (Å²) >= 11 is 1.75. The maximum absolute atomic E-state index is 5.45. The van der Waals surface area contributed by atoms with E-state index in [1.807, 2.05) is 12.4 Å². The highest BCUT2D eigenvalue weighted by atomic mass is 32.1. The first-order chi connectivity index (χ1) is 28.3. The minimum absolute atomic E-state index is 0.660. The van der Waals surface area contributed by atoms with E-state index in [-0.39, 0.29) is 0 Å². The normalized spacial score (nSPS) is 11.9. The van der Waals surface area contributed by atoms with Crippen LogP contribution in [-0.4, -0.2) is 24.1 Å². The molecule has 0 amide bonds. The van der Waals surface area contributed by atoms with Crippen LogP contribution in [0.1, 0.15) is 0 Å². The van der Waals surface area contributed by atoms with Gasteiger partial charge in [-0.25, -0.2) is 9.97 Å². The molecule has 0 saturated carbocycles. The van der Waals surface area contributed by atoms with Gasteiger partial charge in [0.05, 0.1) is 38.0 Å². The largest absolute Gasteiger partial charge is 0.309 e. The van der Waals surface area contributed by atoms with E-state index < -0.39 is 0 Å². The van der Waals surface area contributed by atoms with E-state index >= 15 is 0 Å². The summed E-state index contributed by atoms with van der Waals surface area (Å²) in [6.07, 6.45) is 3.71. The lowest BCUT2D eigenvalue weighted by molar-refractivity contribution is 1.02. The Bertz CT molecular complexity index is 3510. The zero-order valence-electron chi connectivity index (χ0n) is 30.5. The Hall–Kier alpha value is -7.41. The van der Waals surface area contributed by atoms with Gasteiger partial charge in [-0.05, 0) is 70.6 Å². The molecule has 266 valence electrons. The second kappa shape index (κ2) is 12.6. The van der Waals surface area contributed by atoms with E-state index in [0.717, 1.165) is 49.1 Å². The van der Waals surface area contributed by atoms with Crippen molar-refractivity contribution in [2.45, 2.75) is 0 Å². The van der Waals surface area contributed by atoms with Crippen LogP contribution in [0.2, 0.25) is 0 Å².